The molecule has 13 heteroatoms. The number of likely N-dealkylation sites (tertiary alicyclic amines) is 1. The quantitative estimate of drug-likeness (QED) is 0.107. The average Bonchev–Trinajstić information content (AvgIpc) is 3.54. The highest BCUT2D eigenvalue weighted by Crippen LogP contribution is 2.24. The van der Waals surface area contributed by atoms with Crippen LogP contribution < -0.4 is 21.1 Å². The summed E-state index contributed by atoms with van der Waals surface area (Å²) in [4.78, 5) is 41.5. The van der Waals surface area contributed by atoms with E-state index in [0.717, 1.165) is 72.8 Å². The molecule has 2 atom stereocenters. The lowest BCUT2D eigenvalue weighted by Gasteiger charge is -2.32. The Kier molecular flexibility index (Phi) is 14.7. The Hall–Kier alpha value is -5.79. The number of imidazole rings is 1. The summed E-state index contributed by atoms with van der Waals surface area (Å²) in [5.41, 5.74) is 10.8. The molecule has 55 heavy (non-hydrogen) atoms. The van der Waals surface area contributed by atoms with Crippen LogP contribution in [-0.2, 0) is 38.5 Å². The fourth-order valence-corrected chi connectivity index (χ4v) is 6.43. The summed E-state index contributed by atoms with van der Waals surface area (Å²) in [6.07, 6.45) is 2.95. The molecule has 1 aliphatic heterocycles. The number of hydrogen-bond acceptors (Lipinski definition) is 9. The standard InChI is InChI=1S/C28H31FN4O.C14H18N2O5/c1-34-25-12-8-21(9-13-25)14-17-32-18-15-24(16-19-32)30-28-31-26-4-2-3-5-27(26)33(28)20-22-6-10-23(29)11-7-22;1-21-14(20)11(7-9-5-3-2-4-6-9)16-13(19)10(15)8-12(17)18/h2-13,24H,14-20H2,1H3,(H,30,31);2-6,10-11H,7-8,15H2,1H3,(H,16,19)(H,17,18)/t;10-,11-/m.0/s1. The van der Waals surface area contributed by atoms with E-state index in [-0.39, 0.29) is 12.2 Å². The van der Waals surface area contributed by atoms with Gasteiger partial charge in [-0.2, -0.15) is 0 Å². The van der Waals surface area contributed by atoms with Gasteiger partial charge in [-0.05, 0) is 72.4 Å². The van der Waals surface area contributed by atoms with Gasteiger partial charge in [0, 0.05) is 32.1 Å². The number of nitrogens with zero attached hydrogens (tertiary/aromatic N) is 3. The number of para-hydroxylation sites is 2. The summed E-state index contributed by atoms with van der Waals surface area (Å²) in [7, 11) is 2.91. The van der Waals surface area contributed by atoms with E-state index >= 15 is 0 Å². The third kappa shape index (κ3) is 12.1. The number of amides is 1. The van der Waals surface area contributed by atoms with Crippen molar-refractivity contribution in [2.24, 2.45) is 5.73 Å². The highest BCUT2D eigenvalue weighted by atomic mass is 19.1. The Morgan fingerprint density at radius 2 is 1.55 bits per heavy atom. The summed E-state index contributed by atoms with van der Waals surface area (Å²) >= 11 is 0. The molecule has 5 aromatic rings. The first-order valence-electron chi connectivity index (χ1n) is 18.3. The molecule has 0 saturated carbocycles. The van der Waals surface area contributed by atoms with Crippen LogP contribution in [0.15, 0.2) is 103 Å². The molecule has 12 nitrogen and oxygen atoms in total. The topological polar surface area (TPSA) is 161 Å². The molecule has 6 rings (SSSR count). The minimum Gasteiger partial charge on any atom is -0.497 e. The van der Waals surface area contributed by atoms with Gasteiger partial charge in [0.1, 0.15) is 17.6 Å². The van der Waals surface area contributed by atoms with Crippen LogP contribution in [0.2, 0.25) is 0 Å². The molecule has 290 valence electrons. The number of piperidine rings is 1. The maximum atomic E-state index is 13.4. The molecule has 4 aromatic carbocycles. The second-order valence-corrected chi connectivity index (χ2v) is 13.5. The summed E-state index contributed by atoms with van der Waals surface area (Å²) in [6.45, 7) is 3.88. The number of methoxy groups -OCH3 is 2. The van der Waals surface area contributed by atoms with Crippen molar-refractivity contribution in [2.75, 3.05) is 39.2 Å². The second-order valence-electron chi connectivity index (χ2n) is 13.5. The lowest BCUT2D eigenvalue weighted by molar-refractivity contribution is -0.145. The number of aliphatic carboxylic acids is 1. The van der Waals surface area contributed by atoms with Gasteiger partial charge in [-0.25, -0.2) is 14.2 Å². The Balaban J connectivity index is 0.000000239. The number of fused-ring (bicyclic) bond motifs is 1. The van der Waals surface area contributed by atoms with Gasteiger partial charge in [0.15, 0.2) is 0 Å². The molecule has 0 radical (unpaired) electrons. The van der Waals surface area contributed by atoms with Gasteiger partial charge in [0.2, 0.25) is 11.9 Å². The molecule has 1 amide bonds. The van der Waals surface area contributed by atoms with Crippen LogP contribution in [0.1, 0.15) is 36.0 Å². The van der Waals surface area contributed by atoms with Crippen LogP contribution in [0.3, 0.4) is 0 Å². The molecular weight excluding hydrogens is 703 g/mol. The van der Waals surface area contributed by atoms with Crippen LogP contribution >= 0.6 is 0 Å². The van der Waals surface area contributed by atoms with Crippen LogP contribution in [-0.4, -0.2) is 89.4 Å². The first-order chi connectivity index (χ1) is 26.6. The van der Waals surface area contributed by atoms with Crippen molar-refractivity contribution in [3.63, 3.8) is 0 Å². The number of aromatic nitrogens is 2. The number of nitrogens with two attached hydrogens (primary N) is 1. The zero-order valence-corrected chi connectivity index (χ0v) is 31.2. The molecule has 1 saturated heterocycles. The van der Waals surface area contributed by atoms with E-state index < -0.39 is 36.4 Å². The first kappa shape index (κ1) is 40.4. The number of esters is 1. The molecule has 0 aliphatic carbocycles. The lowest BCUT2D eigenvalue weighted by Crippen LogP contribution is -2.50. The summed E-state index contributed by atoms with van der Waals surface area (Å²) < 4.78 is 25.5. The summed E-state index contributed by atoms with van der Waals surface area (Å²) in [5.74, 6) is -0.923. The zero-order chi connectivity index (χ0) is 39.2. The molecule has 5 N–H and O–H groups in total. The Labute approximate surface area is 320 Å². The van der Waals surface area contributed by atoms with Crippen molar-refractivity contribution in [1.82, 2.24) is 19.8 Å². The first-order valence-corrected chi connectivity index (χ1v) is 18.3. The van der Waals surface area contributed by atoms with Crippen molar-refractivity contribution >= 4 is 34.8 Å². The van der Waals surface area contributed by atoms with Gasteiger partial charge in [-0.3, -0.25) is 9.59 Å². The van der Waals surface area contributed by atoms with Crippen molar-refractivity contribution < 1.29 is 33.4 Å². The van der Waals surface area contributed by atoms with Gasteiger partial charge >= 0.3 is 11.9 Å². The number of rotatable bonds is 15. The fourth-order valence-electron chi connectivity index (χ4n) is 6.43. The van der Waals surface area contributed by atoms with E-state index in [2.05, 4.69) is 43.0 Å². The maximum absolute atomic E-state index is 13.4. The van der Waals surface area contributed by atoms with Crippen molar-refractivity contribution in [3.05, 3.63) is 126 Å². The minimum absolute atomic E-state index is 0.212. The molecule has 1 aromatic heterocycles. The van der Waals surface area contributed by atoms with Crippen LogP contribution in [0, 0.1) is 5.82 Å². The summed E-state index contributed by atoms with van der Waals surface area (Å²) in [6, 6.07) is 30.6. The van der Waals surface area contributed by atoms with E-state index in [1.54, 1.807) is 19.2 Å². The number of nitrogens with one attached hydrogen (secondary N) is 2. The minimum atomic E-state index is -1.22. The predicted octanol–water partition coefficient (Wildman–Crippen LogP) is 5.04. The van der Waals surface area contributed by atoms with Gasteiger partial charge in [-0.15, -0.1) is 0 Å². The molecular formula is C42H49FN6O6. The number of hydrogen-bond donors (Lipinski definition) is 4. The van der Waals surface area contributed by atoms with Gasteiger partial charge < -0.3 is 40.4 Å². The molecule has 0 bridgehead atoms. The van der Waals surface area contributed by atoms with E-state index in [0.29, 0.717) is 12.6 Å². The van der Waals surface area contributed by atoms with Gasteiger partial charge in [-0.1, -0.05) is 66.7 Å². The highest BCUT2D eigenvalue weighted by Gasteiger charge is 2.26. The van der Waals surface area contributed by atoms with E-state index in [9.17, 15) is 18.8 Å². The van der Waals surface area contributed by atoms with E-state index in [1.165, 1.54) is 24.8 Å². The van der Waals surface area contributed by atoms with E-state index in [4.69, 9.17) is 20.6 Å². The average molecular weight is 753 g/mol. The van der Waals surface area contributed by atoms with Gasteiger partial charge in [0.25, 0.3) is 0 Å². The van der Waals surface area contributed by atoms with Gasteiger partial charge in [0.05, 0.1) is 44.3 Å². The van der Waals surface area contributed by atoms with Crippen LogP contribution in [0.25, 0.3) is 11.0 Å². The fraction of sp³-hybridized carbons (Fsp3) is 0.333. The van der Waals surface area contributed by atoms with Crippen molar-refractivity contribution in [3.8, 4) is 5.75 Å². The third-order valence-corrected chi connectivity index (χ3v) is 9.52. The Bertz CT molecular complexity index is 1980. The maximum Gasteiger partial charge on any atom is 0.328 e. The number of benzene rings is 4. The van der Waals surface area contributed by atoms with Crippen molar-refractivity contribution in [1.29, 1.82) is 0 Å². The number of ether oxygens (including phenoxy) is 2. The monoisotopic (exact) mass is 752 g/mol. The molecule has 0 spiro atoms. The number of carbonyl (C=O) groups is 3. The molecule has 1 aliphatic rings. The molecule has 2 heterocycles. The number of carboxylic acids is 1. The zero-order valence-electron chi connectivity index (χ0n) is 31.2. The highest BCUT2D eigenvalue weighted by molar-refractivity contribution is 5.90. The Morgan fingerprint density at radius 1 is 0.891 bits per heavy atom. The van der Waals surface area contributed by atoms with Crippen LogP contribution in [0.5, 0.6) is 5.75 Å². The molecule has 0 unspecified atom stereocenters. The smallest absolute Gasteiger partial charge is 0.328 e. The van der Waals surface area contributed by atoms with Crippen molar-refractivity contribution in [2.45, 2.75) is 56.8 Å². The largest absolute Gasteiger partial charge is 0.497 e. The number of halogens is 1. The van der Waals surface area contributed by atoms with Crippen LogP contribution in [0.4, 0.5) is 10.3 Å². The SMILES string of the molecule is COC(=O)[C@H](Cc1ccccc1)NC(=O)[C@@H](N)CC(=O)O.COc1ccc(CCN2CCC(Nc3nc4ccccc4n3Cc3ccc(F)cc3)CC2)cc1. The third-order valence-electron chi connectivity index (χ3n) is 9.52. The van der Waals surface area contributed by atoms with E-state index in [1.807, 2.05) is 60.7 Å². The number of carbonyl (C=O) groups excluding carboxylic acids is 2. The second kappa shape index (κ2) is 20.0. The summed E-state index contributed by atoms with van der Waals surface area (Å²) in [5, 5.41) is 14.7. The Morgan fingerprint density at radius 3 is 2.20 bits per heavy atom. The number of anilines is 1. The lowest BCUT2D eigenvalue weighted by atomic mass is 10.0. The predicted molar refractivity (Wildman–Crippen MR) is 209 cm³/mol. The normalized spacial score (nSPS) is 14.3. The number of carboxylic acid groups (broad SMARTS) is 1. The molecule has 1 fully saturated rings.